The second kappa shape index (κ2) is 7.48. The van der Waals surface area contributed by atoms with Crippen molar-refractivity contribution >= 4 is 45.0 Å². The van der Waals surface area contributed by atoms with E-state index < -0.39 is 5.82 Å². The highest BCUT2D eigenvalue weighted by Crippen LogP contribution is 2.33. The summed E-state index contributed by atoms with van der Waals surface area (Å²) < 4.78 is 22.6. The minimum Gasteiger partial charge on any atom is -0.457 e. The van der Waals surface area contributed by atoms with Crippen molar-refractivity contribution in [1.82, 2.24) is 24.7 Å². The third-order valence-corrected chi connectivity index (χ3v) is 5.00. The number of halogens is 2. The summed E-state index contributed by atoms with van der Waals surface area (Å²) in [6.07, 6.45) is 3.31. The van der Waals surface area contributed by atoms with Crippen LogP contribution in [0.3, 0.4) is 0 Å². The summed E-state index contributed by atoms with van der Waals surface area (Å²) in [7, 11) is 1.86. The van der Waals surface area contributed by atoms with Crippen molar-refractivity contribution in [3.05, 3.63) is 71.5 Å². The number of rotatable bonds is 4. The van der Waals surface area contributed by atoms with Gasteiger partial charge in [-0.25, -0.2) is 19.3 Å². The van der Waals surface area contributed by atoms with Gasteiger partial charge < -0.3 is 10.1 Å². The zero-order valence-corrected chi connectivity index (χ0v) is 17.4. The Morgan fingerprint density at radius 2 is 1.94 bits per heavy atom. The molecule has 7 nitrogen and oxygen atoms in total. The summed E-state index contributed by atoms with van der Waals surface area (Å²) in [5.41, 5.74) is 2.85. The van der Waals surface area contributed by atoms with Crippen molar-refractivity contribution in [3.8, 4) is 11.5 Å². The Hall–Kier alpha value is -3.78. The van der Waals surface area contributed by atoms with Gasteiger partial charge in [0.2, 0.25) is 0 Å². The molecule has 0 unspecified atom stereocenters. The third kappa shape index (κ3) is 3.73. The maximum absolute atomic E-state index is 14.9. The maximum atomic E-state index is 14.9. The number of pyridine rings is 1. The van der Waals surface area contributed by atoms with Gasteiger partial charge in [0.1, 0.15) is 34.3 Å². The predicted molar refractivity (Wildman–Crippen MR) is 118 cm³/mol. The molecular formula is C22H16ClFN6O. The van der Waals surface area contributed by atoms with E-state index in [0.29, 0.717) is 33.5 Å². The van der Waals surface area contributed by atoms with Crippen LogP contribution in [0, 0.1) is 12.7 Å². The molecule has 0 atom stereocenters. The molecule has 0 aliphatic rings. The first-order valence-electron chi connectivity index (χ1n) is 9.42. The molecule has 0 saturated carbocycles. The molecule has 0 aliphatic carbocycles. The number of fused-ring (bicyclic) bond motifs is 2. The zero-order chi connectivity index (χ0) is 21.5. The standard InChI is InChI=1S/C22H16ClFN6O/c1-12-7-18(27-22-21-16(25-11-26-22)5-6-20(23)28-21)15(24)9-19(12)31-14-4-3-13-10-30(2)29-17(13)8-14/h3-11H,1-2H3,(H,25,26,27). The van der Waals surface area contributed by atoms with Gasteiger partial charge in [0, 0.05) is 30.8 Å². The molecule has 9 heteroatoms. The minimum atomic E-state index is -0.492. The topological polar surface area (TPSA) is 77.8 Å². The number of aryl methyl sites for hydroxylation is 2. The lowest BCUT2D eigenvalue weighted by Crippen LogP contribution is -2.01. The molecule has 1 N–H and O–H groups in total. The quantitative estimate of drug-likeness (QED) is 0.374. The van der Waals surface area contributed by atoms with E-state index in [4.69, 9.17) is 16.3 Å². The summed E-state index contributed by atoms with van der Waals surface area (Å²) in [5, 5.41) is 8.66. The number of hydrogen-bond donors (Lipinski definition) is 1. The number of nitrogens with zero attached hydrogens (tertiary/aromatic N) is 5. The van der Waals surface area contributed by atoms with Crippen molar-refractivity contribution in [2.45, 2.75) is 6.92 Å². The molecule has 0 saturated heterocycles. The van der Waals surface area contributed by atoms with Crippen molar-refractivity contribution in [2.24, 2.45) is 7.05 Å². The van der Waals surface area contributed by atoms with Crippen molar-refractivity contribution in [3.63, 3.8) is 0 Å². The largest absolute Gasteiger partial charge is 0.457 e. The lowest BCUT2D eigenvalue weighted by molar-refractivity contribution is 0.474. The molecule has 5 rings (SSSR count). The van der Waals surface area contributed by atoms with Crippen LogP contribution in [-0.2, 0) is 7.05 Å². The summed E-state index contributed by atoms with van der Waals surface area (Å²) in [5.74, 6) is 0.857. The van der Waals surface area contributed by atoms with Crippen molar-refractivity contribution < 1.29 is 9.13 Å². The molecular weight excluding hydrogens is 419 g/mol. The number of ether oxygens (including phenoxy) is 1. The predicted octanol–water partition coefficient (Wildman–Crippen LogP) is 5.55. The molecule has 0 amide bonds. The van der Waals surface area contributed by atoms with E-state index in [2.05, 4.69) is 25.4 Å². The average molecular weight is 435 g/mol. The second-order valence-corrected chi connectivity index (χ2v) is 7.46. The van der Waals surface area contributed by atoms with Gasteiger partial charge >= 0.3 is 0 Å². The fourth-order valence-corrected chi connectivity index (χ4v) is 3.46. The van der Waals surface area contributed by atoms with E-state index in [-0.39, 0.29) is 5.69 Å². The molecule has 0 radical (unpaired) electrons. The summed E-state index contributed by atoms with van der Waals surface area (Å²) in [4.78, 5) is 12.6. The van der Waals surface area contributed by atoms with Crippen molar-refractivity contribution in [1.29, 1.82) is 0 Å². The van der Waals surface area contributed by atoms with E-state index in [9.17, 15) is 4.39 Å². The van der Waals surface area contributed by atoms with Crippen LogP contribution in [-0.4, -0.2) is 24.7 Å². The van der Waals surface area contributed by atoms with E-state index in [0.717, 1.165) is 16.5 Å². The number of nitrogens with one attached hydrogen (secondary N) is 1. The van der Waals surface area contributed by atoms with Crippen LogP contribution >= 0.6 is 11.6 Å². The molecule has 0 spiro atoms. The molecule has 3 heterocycles. The Bertz CT molecular complexity index is 1450. The molecule has 31 heavy (non-hydrogen) atoms. The maximum Gasteiger partial charge on any atom is 0.160 e. The van der Waals surface area contributed by atoms with Crippen LogP contribution in [0.5, 0.6) is 11.5 Å². The average Bonchev–Trinajstić information content (AvgIpc) is 3.11. The first kappa shape index (κ1) is 19.2. The molecule has 5 aromatic rings. The third-order valence-electron chi connectivity index (χ3n) is 4.79. The van der Waals surface area contributed by atoms with E-state index in [1.165, 1.54) is 12.4 Å². The number of hydrogen-bond acceptors (Lipinski definition) is 6. The van der Waals surface area contributed by atoms with Gasteiger partial charge in [0.05, 0.1) is 16.7 Å². The Kier molecular flexibility index (Phi) is 4.63. The van der Waals surface area contributed by atoms with Crippen LogP contribution in [0.4, 0.5) is 15.9 Å². The van der Waals surface area contributed by atoms with Crippen LogP contribution < -0.4 is 10.1 Å². The first-order chi connectivity index (χ1) is 15.0. The molecule has 0 bridgehead atoms. The van der Waals surface area contributed by atoms with Crippen LogP contribution in [0.25, 0.3) is 21.9 Å². The number of aromatic nitrogens is 5. The van der Waals surface area contributed by atoms with Gasteiger partial charge in [-0.15, -0.1) is 0 Å². The lowest BCUT2D eigenvalue weighted by atomic mass is 10.2. The molecule has 0 fully saturated rings. The smallest absolute Gasteiger partial charge is 0.160 e. The highest BCUT2D eigenvalue weighted by Gasteiger charge is 2.13. The zero-order valence-electron chi connectivity index (χ0n) is 16.6. The second-order valence-electron chi connectivity index (χ2n) is 7.07. The van der Waals surface area contributed by atoms with E-state index >= 15 is 0 Å². The van der Waals surface area contributed by atoms with E-state index in [1.807, 2.05) is 38.4 Å². The van der Waals surface area contributed by atoms with Gasteiger partial charge in [0.25, 0.3) is 0 Å². The van der Waals surface area contributed by atoms with Crippen LogP contribution in [0.15, 0.2) is 55.0 Å². The summed E-state index contributed by atoms with van der Waals surface area (Å²) >= 11 is 5.99. The SMILES string of the molecule is Cc1cc(Nc2ncnc3ccc(Cl)nc23)c(F)cc1Oc1ccc2cn(C)nc2c1. The first-order valence-corrected chi connectivity index (χ1v) is 9.80. The Labute approximate surface area is 181 Å². The Morgan fingerprint density at radius 1 is 1.06 bits per heavy atom. The highest BCUT2D eigenvalue weighted by atomic mass is 35.5. The minimum absolute atomic E-state index is 0.242. The summed E-state index contributed by atoms with van der Waals surface area (Å²) in [6, 6.07) is 11.9. The molecule has 3 aromatic heterocycles. The summed E-state index contributed by atoms with van der Waals surface area (Å²) in [6.45, 7) is 1.84. The fraction of sp³-hybridized carbons (Fsp3) is 0.0909. The van der Waals surface area contributed by atoms with Gasteiger partial charge in [-0.05, 0) is 42.8 Å². The van der Waals surface area contributed by atoms with Crippen molar-refractivity contribution in [2.75, 3.05) is 5.32 Å². The van der Waals surface area contributed by atoms with Crippen LogP contribution in [0.2, 0.25) is 5.15 Å². The number of benzene rings is 2. The lowest BCUT2D eigenvalue weighted by Gasteiger charge is -2.13. The molecule has 154 valence electrons. The fourth-order valence-electron chi connectivity index (χ4n) is 3.31. The van der Waals surface area contributed by atoms with Gasteiger partial charge in [-0.1, -0.05) is 11.6 Å². The highest BCUT2D eigenvalue weighted by molar-refractivity contribution is 6.29. The normalized spacial score (nSPS) is 11.2. The molecule has 0 aliphatic heterocycles. The Morgan fingerprint density at radius 3 is 2.81 bits per heavy atom. The molecule has 2 aromatic carbocycles. The van der Waals surface area contributed by atoms with E-state index in [1.54, 1.807) is 22.9 Å². The Balaban J connectivity index is 1.46. The van der Waals surface area contributed by atoms with Gasteiger partial charge in [0.15, 0.2) is 5.82 Å². The number of anilines is 2. The monoisotopic (exact) mass is 434 g/mol. The van der Waals surface area contributed by atoms with Gasteiger partial charge in [-0.2, -0.15) is 5.10 Å². The van der Waals surface area contributed by atoms with Crippen LogP contribution in [0.1, 0.15) is 5.56 Å². The van der Waals surface area contributed by atoms with Gasteiger partial charge in [-0.3, -0.25) is 4.68 Å².